The molecule has 4 nitrogen and oxygen atoms in total. The maximum Gasteiger partial charge on any atom is 0.257 e. The molecule has 0 saturated heterocycles. The number of hydrogen-bond acceptors (Lipinski definition) is 2. The van der Waals surface area contributed by atoms with Crippen LogP contribution in [0.4, 0.5) is 13.2 Å². The zero-order valence-electron chi connectivity index (χ0n) is 16.8. The Balaban J connectivity index is 2.02. The molecule has 0 aliphatic carbocycles. The molecule has 29 heavy (non-hydrogen) atoms. The average molecular weight is 403 g/mol. The fourth-order valence-electron chi connectivity index (χ4n) is 3.40. The van der Waals surface area contributed by atoms with Crippen molar-refractivity contribution < 1.29 is 18.0 Å². The van der Waals surface area contributed by atoms with Gasteiger partial charge < -0.3 is 9.47 Å². The number of amides is 1. The van der Waals surface area contributed by atoms with Crippen LogP contribution in [0, 0.1) is 23.4 Å². The molecule has 0 unspecified atom stereocenters. The molecule has 3 rings (SSSR count). The standard InChI is InChI=1S/C22H24F3N3O/c1-4-9-28-20-11-16(24)6-8-19(20)26-21(28)13-27(12-14(2)3)22(29)17-10-15(23)5-7-18(17)25/h5-8,10-11,14H,4,9,12-13H2,1-3H3. The molecule has 1 amide bonds. The number of benzene rings is 2. The molecule has 7 heteroatoms. The lowest BCUT2D eigenvalue weighted by molar-refractivity contribution is 0.0711. The van der Waals surface area contributed by atoms with Crippen LogP contribution in [0.15, 0.2) is 36.4 Å². The Kier molecular flexibility index (Phi) is 6.25. The van der Waals surface area contributed by atoms with Crippen LogP contribution in [-0.2, 0) is 13.1 Å². The first-order chi connectivity index (χ1) is 13.8. The van der Waals surface area contributed by atoms with Crippen molar-refractivity contribution in [2.45, 2.75) is 40.3 Å². The van der Waals surface area contributed by atoms with E-state index >= 15 is 0 Å². The Morgan fingerprint density at radius 2 is 1.79 bits per heavy atom. The molecule has 154 valence electrons. The van der Waals surface area contributed by atoms with Crippen molar-refractivity contribution in [1.82, 2.24) is 14.5 Å². The zero-order valence-corrected chi connectivity index (χ0v) is 16.8. The van der Waals surface area contributed by atoms with Gasteiger partial charge in [-0.05, 0) is 48.7 Å². The molecule has 0 radical (unpaired) electrons. The Labute approximate surface area is 168 Å². The van der Waals surface area contributed by atoms with Gasteiger partial charge in [-0.2, -0.15) is 0 Å². The normalized spacial score (nSPS) is 11.4. The summed E-state index contributed by atoms with van der Waals surface area (Å²) >= 11 is 0. The van der Waals surface area contributed by atoms with Crippen LogP contribution >= 0.6 is 0 Å². The zero-order chi connectivity index (χ0) is 21.1. The lowest BCUT2D eigenvalue weighted by Gasteiger charge is -2.25. The number of carbonyl (C=O) groups excluding carboxylic acids is 1. The summed E-state index contributed by atoms with van der Waals surface area (Å²) in [4.78, 5) is 19.1. The molecule has 2 aromatic carbocycles. The second-order valence-corrected chi connectivity index (χ2v) is 7.52. The molecule has 1 aromatic heterocycles. The van der Waals surface area contributed by atoms with E-state index in [-0.39, 0.29) is 23.8 Å². The maximum absolute atomic E-state index is 14.2. The summed E-state index contributed by atoms with van der Waals surface area (Å²) in [6.45, 7) is 6.93. The number of aromatic nitrogens is 2. The van der Waals surface area contributed by atoms with Crippen molar-refractivity contribution >= 4 is 16.9 Å². The molecule has 0 saturated carbocycles. The third kappa shape index (κ3) is 4.60. The predicted octanol–water partition coefficient (Wildman–Crippen LogP) is 5.16. The molecule has 0 fully saturated rings. The van der Waals surface area contributed by atoms with Gasteiger partial charge in [0.2, 0.25) is 0 Å². The van der Waals surface area contributed by atoms with E-state index in [4.69, 9.17) is 0 Å². The third-order valence-electron chi connectivity index (χ3n) is 4.60. The number of halogens is 3. The van der Waals surface area contributed by atoms with Gasteiger partial charge >= 0.3 is 0 Å². The fraction of sp³-hybridized carbons (Fsp3) is 0.364. The topological polar surface area (TPSA) is 38.1 Å². The first-order valence-corrected chi connectivity index (χ1v) is 9.69. The highest BCUT2D eigenvalue weighted by Crippen LogP contribution is 2.21. The maximum atomic E-state index is 14.2. The first-order valence-electron chi connectivity index (χ1n) is 9.69. The Morgan fingerprint density at radius 3 is 2.48 bits per heavy atom. The lowest BCUT2D eigenvalue weighted by atomic mass is 10.1. The minimum atomic E-state index is -0.769. The SMILES string of the molecule is CCCn1c(CN(CC(C)C)C(=O)c2cc(F)ccc2F)nc2ccc(F)cc21. The van der Waals surface area contributed by atoms with Crippen LogP contribution < -0.4 is 0 Å². The summed E-state index contributed by atoms with van der Waals surface area (Å²) in [5, 5.41) is 0. The van der Waals surface area contributed by atoms with Gasteiger partial charge in [0, 0.05) is 13.1 Å². The van der Waals surface area contributed by atoms with Gasteiger partial charge in [-0.15, -0.1) is 0 Å². The monoisotopic (exact) mass is 403 g/mol. The number of hydrogen-bond donors (Lipinski definition) is 0. The highest BCUT2D eigenvalue weighted by atomic mass is 19.1. The number of rotatable bonds is 7. The second kappa shape index (κ2) is 8.68. The number of aryl methyl sites for hydroxylation is 1. The van der Waals surface area contributed by atoms with Gasteiger partial charge in [0.1, 0.15) is 23.3 Å². The molecule has 1 heterocycles. The smallest absolute Gasteiger partial charge is 0.257 e. The first kappa shape index (κ1) is 20.9. The molecular weight excluding hydrogens is 379 g/mol. The van der Waals surface area contributed by atoms with Crippen LogP contribution in [0.2, 0.25) is 0 Å². The predicted molar refractivity (Wildman–Crippen MR) is 106 cm³/mol. The van der Waals surface area contributed by atoms with Crippen molar-refractivity contribution in [2.75, 3.05) is 6.54 Å². The van der Waals surface area contributed by atoms with Crippen LogP contribution in [0.1, 0.15) is 43.4 Å². The lowest BCUT2D eigenvalue weighted by Crippen LogP contribution is -2.35. The van der Waals surface area contributed by atoms with Crippen LogP contribution in [0.3, 0.4) is 0 Å². The summed E-state index contributed by atoms with van der Waals surface area (Å²) < 4.78 is 43.4. The molecule has 0 aliphatic rings. The van der Waals surface area contributed by atoms with Gasteiger partial charge in [0.15, 0.2) is 0 Å². The minimum absolute atomic E-state index is 0.108. The summed E-state index contributed by atoms with van der Waals surface area (Å²) in [5.74, 6) is -1.72. The van der Waals surface area contributed by atoms with E-state index in [1.165, 1.54) is 17.0 Å². The van der Waals surface area contributed by atoms with Crippen LogP contribution in [0.25, 0.3) is 11.0 Å². The Morgan fingerprint density at radius 1 is 1.10 bits per heavy atom. The second-order valence-electron chi connectivity index (χ2n) is 7.52. The molecular formula is C22H24F3N3O. The number of nitrogens with zero attached hydrogens (tertiary/aromatic N) is 3. The Bertz CT molecular complexity index is 1030. The van der Waals surface area contributed by atoms with Gasteiger partial charge in [0.25, 0.3) is 5.91 Å². The molecule has 3 aromatic rings. The van der Waals surface area contributed by atoms with E-state index < -0.39 is 17.5 Å². The van der Waals surface area contributed by atoms with Gasteiger partial charge in [-0.3, -0.25) is 4.79 Å². The van der Waals surface area contributed by atoms with Crippen LogP contribution in [-0.4, -0.2) is 26.9 Å². The summed E-state index contributed by atoms with van der Waals surface area (Å²) in [6.07, 6.45) is 0.797. The van der Waals surface area contributed by atoms with E-state index in [0.717, 1.165) is 24.6 Å². The van der Waals surface area contributed by atoms with E-state index in [9.17, 15) is 18.0 Å². The van der Waals surface area contributed by atoms with E-state index in [0.29, 0.717) is 29.9 Å². The van der Waals surface area contributed by atoms with Gasteiger partial charge in [-0.25, -0.2) is 18.2 Å². The highest BCUT2D eigenvalue weighted by Gasteiger charge is 2.23. The van der Waals surface area contributed by atoms with Gasteiger partial charge in [-0.1, -0.05) is 20.8 Å². The number of carbonyl (C=O) groups is 1. The average Bonchev–Trinajstić information content (AvgIpc) is 2.99. The summed E-state index contributed by atoms with van der Waals surface area (Å²) in [5.41, 5.74) is 0.967. The third-order valence-corrected chi connectivity index (χ3v) is 4.60. The summed E-state index contributed by atoms with van der Waals surface area (Å²) in [6, 6.07) is 7.20. The van der Waals surface area contributed by atoms with Crippen molar-refractivity contribution in [2.24, 2.45) is 5.92 Å². The van der Waals surface area contributed by atoms with Gasteiger partial charge in [0.05, 0.1) is 23.1 Å². The van der Waals surface area contributed by atoms with E-state index in [2.05, 4.69) is 4.98 Å². The molecule has 0 bridgehead atoms. The molecule has 0 N–H and O–H groups in total. The Hall–Kier alpha value is -2.83. The summed E-state index contributed by atoms with van der Waals surface area (Å²) in [7, 11) is 0. The quantitative estimate of drug-likeness (QED) is 0.546. The number of imidazole rings is 1. The highest BCUT2D eigenvalue weighted by molar-refractivity contribution is 5.94. The van der Waals surface area contributed by atoms with E-state index in [1.54, 1.807) is 6.07 Å². The number of fused-ring (bicyclic) bond motifs is 1. The van der Waals surface area contributed by atoms with Crippen molar-refractivity contribution in [3.63, 3.8) is 0 Å². The largest absolute Gasteiger partial charge is 0.331 e. The molecule has 0 spiro atoms. The molecule has 0 aliphatic heterocycles. The van der Waals surface area contributed by atoms with Crippen molar-refractivity contribution in [1.29, 1.82) is 0 Å². The van der Waals surface area contributed by atoms with Crippen molar-refractivity contribution in [3.05, 3.63) is 65.2 Å². The minimum Gasteiger partial charge on any atom is -0.331 e. The fourth-order valence-corrected chi connectivity index (χ4v) is 3.40. The molecule has 0 atom stereocenters. The van der Waals surface area contributed by atoms with E-state index in [1.807, 2.05) is 25.3 Å². The van der Waals surface area contributed by atoms with Crippen LogP contribution in [0.5, 0.6) is 0 Å². The van der Waals surface area contributed by atoms with Crippen molar-refractivity contribution in [3.8, 4) is 0 Å².